The molecule has 1 atom stereocenters. The van der Waals surface area contributed by atoms with Crippen LogP contribution in [0, 0.1) is 0 Å². The monoisotopic (exact) mass is 353 g/mol. The van der Waals surface area contributed by atoms with E-state index in [-0.39, 0.29) is 17.0 Å². The molecular weight excluding hydrogens is 334 g/mol. The van der Waals surface area contributed by atoms with E-state index in [1.54, 1.807) is 0 Å². The maximum Gasteiger partial charge on any atom is 0.0363 e. The Morgan fingerprint density at radius 2 is 1.64 bits per heavy atom. The van der Waals surface area contributed by atoms with Crippen molar-refractivity contribution >= 4 is 27.8 Å². The van der Waals surface area contributed by atoms with Gasteiger partial charge < -0.3 is 5.32 Å². The maximum atomic E-state index is 3.69. The summed E-state index contributed by atoms with van der Waals surface area (Å²) in [6.45, 7) is 1.08. The van der Waals surface area contributed by atoms with Crippen LogP contribution in [0.5, 0.6) is 0 Å². The van der Waals surface area contributed by atoms with E-state index in [0.717, 1.165) is 19.4 Å². The van der Waals surface area contributed by atoms with Crippen molar-refractivity contribution in [3.8, 4) is 0 Å². The zero-order chi connectivity index (χ0) is 14.1. The molecule has 0 radical (unpaired) electrons. The van der Waals surface area contributed by atoms with Gasteiger partial charge in [-0.25, -0.2) is 0 Å². The minimum Gasteiger partial charge on any atom is -0.309 e. The maximum absolute atomic E-state index is 3.69. The van der Waals surface area contributed by atoms with E-state index >= 15 is 0 Å². The Bertz CT molecular complexity index is 776. The molecular formula is C20H20BrN. The molecule has 0 spiro atoms. The summed E-state index contributed by atoms with van der Waals surface area (Å²) in [5.41, 5.74) is 4.40. The normalized spacial score (nSPS) is 16.8. The van der Waals surface area contributed by atoms with Crippen molar-refractivity contribution in [3.63, 3.8) is 0 Å². The molecule has 1 N–H and O–H groups in total. The van der Waals surface area contributed by atoms with Gasteiger partial charge in [0.15, 0.2) is 0 Å². The van der Waals surface area contributed by atoms with Crippen molar-refractivity contribution in [2.45, 2.75) is 18.9 Å². The second kappa shape index (κ2) is 6.64. The summed E-state index contributed by atoms with van der Waals surface area (Å²) in [4.78, 5) is 0. The molecule has 0 amide bonds. The lowest BCUT2D eigenvalue weighted by Crippen LogP contribution is -2.31. The minimum absolute atomic E-state index is 0. The number of hydrogen-bond donors (Lipinski definition) is 1. The van der Waals surface area contributed by atoms with Gasteiger partial charge in [-0.2, -0.15) is 0 Å². The van der Waals surface area contributed by atoms with Gasteiger partial charge in [0, 0.05) is 6.04 Å². The number of rotatable bonds is 2. The summed E-state index contributed by atoms with van der Waals surface area (Å²) in [7, 11) is 0. The number of nitrogens with one attached hydrogen (secondary N) is 1. The molecule has 0 saturated heterocycles. The van der Waals surface area contributed by atoms with Gasteiger partial charge in [-0.15, -0.1) is 17.0 Å². The topological polar surface area (TPSA) is 12.0 Å². The van der Waals surface area contributed by atoms with Gasteiger partial charge in [0.2, 0.25) is 0 Å². The Hall–Kier alpha value is -1.64. The van der Waals surface area contributed by atoms with Crippen LogP contribution in [0.15, 0.2) is 66.7 Å². The van der Waals surface area contributed by atoms with Gasteiger partial charge in [-0.05, 0) is 46.8 Å². The molecule has 1 aliphatic heterocycles. The van der Waals surface area contributed by atoms with Gasteiger partial charge in [-0.1, -0.05) is 66.7 Å². The fourth-order valence-corrected chi connectivity index (χ4v) is 3.47. The van der Waals surface area contributed by atoms with E-state index in [9.17, 15) is 0 Å². The lowest BCUT2D eigenvalue weighted by Gasteiger charge is -2.27. The van der Waals surface area contributed by atoms with Crippen molar-refractivity contribution in [1.29, 1.82) is 0 Å². The molecule has 22 heavy (non-hydrogen) atoms. The van der Waals surface area contributed by atoms with Crippen LogP contribution in [0.25, 0.3) is 10.8 Å². The van der Waals surface area contributed by atoms with Crippen LogP contribution in [-0.2, 0) is 12.8 Å². The highest BCUT2D eigenvalue weighted by Crippen LogP contribution is 2.28. The quantitative estimate of drug-likeness (QED) is 0.694. The molecule has 0 aliphatic carbocycles. The van der Waals surface area contributed by atoms with Crippen molar-refractivity contribution < 1.29 is 0 Å². The summed E-state index contributed by atoms with van der Waals surface area (Å²) < 4.78 is 0. The highest BCUT2D eigenvalue weighted by molar-refractivity contribution is 8.93. The molecule has 1 heterocycles. The van der Waals surface area contributed by atoms with Gasteiger partial charge >= 0.3 is 0 Å². The third kappa shape index (κ3) is 2.81. The molecule has 1 nitrogen and oxygen atoms in total. The SMILES string of the molecule is Br.c1ccc2c(c1)CCNC2Cc1cccc2ccccc12. The van der Waals surface area contributed by atoms with Crippen LogP contribution in [0.3, 0.4) is 0 Å². The largest absolute Gasteiger partial charge is 0.309 e. The predicted molar refractivity (Wildman–Crippen MR) is 98.9 cm³/mol. The Morgan fingerprint density at radius 3 is 2.59 bits per heavy atom. The molecule has 112 valence electrons. The standard InChI is InChI=1S/C20H19N.BrH/c1-3-10-18-15(6-1)8-5-9-17(18)14-20-19-11-4-2-7-16(19)12-13-21-20;/h1-11,20-21H,12-14H2;1H. The Labute approximate surface area is 142 Å². The van der Waals surface area contributed by atoms with Crippen LogP contribution >= 0.6 is 17.0 Å². The summed E-state index contributed by atoms with van der Waals surface area (Å²) in [5.74, 6) is 0. The molecule has 2 heteroatoms. The fraction of sp³-hybridized carbons (Fsp3) is 0.200. The van der Waals surface area contributed by atoms with E-state index in [0.29, 0.717) is 6.04 Å². The fourth-order valence-electron chi connectivity index (χ4n) is 3.47. The van der Waals surface area contributed by atoms with Crippen LogP contribution < -0.4 is 5.32 Å². The number of benzene rings is 3. The lowest BCUT2D eigenvalue weighted by molar-refractivity contribution is 0.504. The minimum atomic E-state index is 0. The van der Waals surface area contributed by atoms with Crippen molar-refractivity contribution in [2.75, 3.05) is 6.54 Å². The average molecular weight is 354 g/mol. The first-order valence-electron chi connectivity index (χ1n) is 7.69. The van der Waals surface area contributed by atoms with Crippen LogP contribution in [0.1, 0.15) is 22.7 Å². The smallest absolute Gasteiger partial charge is 0.0363 e. The van der Waals surface area contributed by atoms with E-state index in [1.165, 1.54) is 27.5 Å². The molecule has 0 fully saturated rings. The summed E-state index contributed by atoms with van der Waals surface area (Å²) in [6, 6.07) is 24.6. The van der Waals surface area contributed by atoms with Crippen molar-refractivity contribution in [1.82, 2.24) is 5.32 Å². The van der Waals surface area contributed by atoms with Gasteiger partial charge in [-0.3, -0.25) is 0 Å². The highest BCUT2D eigenvalue weighted by atomic mass is 79.9. The molecule has 0 bridgehead atoms. The zero-order valence-corrected chi connectivity index (χ0v) is 14.2. The average Bonchev–Trinajstić information content (AvgIpc) is 2.56. The summed E-state index contributed by atoms with van der Waals surface area (Å²) >= 11 is 0. The Morgan fingerprint density at radius 1 is 0.864 bits per heavy atom. The molecule has 0 aromatic heterocycles. The van der Waals surface area contributed by atoms with E-state index in [1.807, 2.05) is 0 Å². The van der Waals surface area contributed by atoms with E-state index in [4.69, 9.17) is 0 Å². The third-order valence-corrected chi connectivity index (χ3v) is 4.52. The molecule has 4 rings (SSSR count). The predicted octanol–water partition coefficient (Wildman–Crippen LogP) is 4.85. The van der Waals surface area contributed by atoms with Crippen molar-refractivity contribution in [2.24, 2.45) is 0 Å². The number of fused-ring (bicyclic) bond motifs is 2. The lowest BCUT2D eigenvalue weighted by atomic mass is 9.89. The second-order valence-electron chi connectivity index (χ2n) is 5.80. The van der Waals surface area contributed by atoms with Crippen LogP contribution in [0.2, 0.25) is 0 Å². The Kier molecular flexibility index (Phi) is 4.60. The first kappa shape index (κ1) is 15.3. The van der Waals surface area contributed by atoms with E-state index in [2.05, 4.69) is 72.0 Å². The van der Waals surface area contributed by atoms with Gasteiger partial charge in [0.25, 0.3) is 0 Å². The van der Waals surface area contributed by atoms with Gasteiger partial charge in [0.1, 0.15) is 0 Å². The number of hydrogen-bond acceptors (Lipinski definition) is 1. The van der Waals surface area contributed by atoms with Crippen LogP contribution in [-0.4, -0.2) is 6.54 Å². The summed E-state index contributed by atoms with van der Waals surface area (Å²) in [5, 5.41) is 6.40. The first-order chi connectivity index (χ1) is 10.4. The first-order valence-corrected chi connectivity index (χ1v) is 7.69. The van der Waals surface area contributed by atoms with Crippen molar-refractivity contribution in [3.05, 3.63) is 83.4 Å². The Balaban J connectivity index is 0.00000144. The zero-order valence-electron chi connectivity index (χ0n) is 12.5. The molecule has 1 aliphatic rings. The number of halogens is 1. The molecule has 3 aromatic carbocycles. The van der Waals surface area contributed by atoms with Gasteiger partial charge in [0.05, 0.1) is 0 Å². The molecule has 3 aromatic rings. The molecule has 0 saturated carbocycles. The third-order valence-electron chi connectivity index (χ3n) is 4.52. The van der Waals surface area contributed by atoms with E-state index < -0.39 is 0 Å². The summed E-state index contributed by atoms with van der Waals surface area (Å²) in [6.07, 6.45) is 2.20. The second-order valence-corrected chi connectivity index (χ2v) is 5.80. The molecule has 1 unspecified atom stereocenters. The highest BCUT2D eigenvalue weighted by Gasteiger charge is 2.19. The van der Waals surface area contributed by atoms with Crippen LogP contribution in [0.4, 0.5) is 0 Å².